The minimum atomic E-state index is -4.31. The topological polar surface area (TPSA) is 591 Å². The summed E-state index contributed by atoms with van der Waals surface area (Å²) in [4.78, 5) is 54.7. The van der Waals surface area contributed by atoms with Gasteiger partial charge in [-0.3, -0.25) is 56.0 Å². The van der Waals surface area contributed by atoms with Crippen molar-refractivity contribution in [1.29, 1.82) is 0 Å². The van der Waals surface area contributed by atoms with Gasteiger partial charge in [-0.05, 0) is 190 Å². The molecule has 0 unspecified atom stereocenters. The maximum absolute atomic E-state index is 13.8. The second kappa shape index (κ2) is 57.9. The molecular weight excluding hydrogens is 1860 g/mol. The van der Waals surface area contributed by atoms with Crippen molar-refractivity contribution in [2.24, 2.45) is 0 Å². The first kappa shape index (κ1) is 110. The van der Waals surface area contributed by atoms with E-state index in [0.717, 1.165) is 5.69 Å². The number of nitrogens with zero attached hydrogens (tertiary/aromatic N) is 9. The summed E-state index contributed by atoms with van der Waals surface area (Å²) in [6.07, 6.45) is 14.5. The van der Waals surface area contributed by atoms with E-state index in [-0.39, 0.29) is 209 Å². The van der Waals surface area contributed by atoms with Gasteiger partial charge in [0.05, 0.1) is 125 Å². The van der Waals surface area contributed by atoms with Gasteiger partial charge in [0.15, 0.2) is 46.0 Å². The van der Waals surface area contributed by atoms with Crippen molar-refractivity contribution in [3.63, 3.8) is 0 Å². The number of hydrogen-bond donors (Lipinski definition) is 9. The van der Waals surface area contributed by atoms with Crippen LogP contribution in [0, 0.1) is 0 Å². The van der Waals surface area contributed by atoms with Gasteiger partial charge in [-0.25, -0.2) is 0 Å². The zero-order valence-corrected chi connectivity index (χ0v) is 80.4. The van der Waals surface area contributed by atoms with Crippen LogP contribution in [0.2, 0.25) is 0 Å². The van der Waals surface area contributed by atoms with E-state index in [1.807, 2.05) is 40.8 Å². The van der Waals surface area contributed by atoms with Gasteiger partial charge in [-0.2, -0.15) is 42.1 Å². The number of carbonyl (C=O) groups is 4. The van der Waals surface area contributed by atoms with Gasteiger partial charge in [0.2, 0.25) is 23.0 Å². The van der Waals surface area contributed by atoms with Crippen LogP contribution in [0.1, 0.15) is 215 Å². The Morgan fingerprint density at radius 3 is 0.701 bits per heavy atom. The molecule has 49 heteroatoms. The van der Waals surface area contributed by atoms with E-state index in [9.17, 15) is 84.0 Å². The van der Waals surface area contributed by atoms with E-state index in [1.54, 1.807) is 44.6 Å². The normalized spacial score (nSPS) is 11.8. The van der Waals surface area contributed by atoms with Crippen LogP contribution in [0.3, 0.4) is 0 Å². The Hall–Kier alpha value is -10.7. The Morgan fingerprint density at radius 1 is 0.269 bits per heavy atom. The van der Waals surface area contributed by atoms with Crippen molar-refractivity contribution in [2.75, 3.05) is 134 Å². The number of amides is 4. The van der Waals surface area contributed by atoms with Crippen LogP contribution in [0.15, 0.2) is 67.1 Å². The van der Waals surface area contributed by atoms with Crippen molar-refractivity contribution < 1.29 is 141 Å². The number of aromatic nitrogens is 9. The molecule has 0 aliphatic heterocycles. The summed E-state index contributed by atoms with van der Waals surface area (Å²) < 4.78 is 238. The first-order chi connectivity index (χ1) is 64.0. The van der Waals surface area contributed by atoms with Crippen molar-refractivity contribution in [2.45, 2.75) is 196 Å². The molecule has 44 nitrogen and oxygen atoms in total. The fourth-order valence-electron chi connectivity index (χ4n) is 12.6. The first-order valence-electron chi connectivity index (χ1n) is 44.8. The van der Waals surface area contributed by atoms with Crippen LogP contribution in [0.25, 0.3) is 0 Å². The van der Waals surface area contributed by atoms with Crippen LogP contribution in [-0.2, 0) is 89.5 Å². The van der Waals surface area contributed by atoms with Crippen LogP contribution in [0.4, 0.5) is 0 Å². The second-order valence-corrected chi connectivity index (χ2v) is 38.8. The predicted octanol–water partition coefficient (Wildman–Crippen LogP) is 8.71. The van der Waals surface area contributed by atoms with Gasteiger partial charge >= 0.3 is 0 Å². The molecule has 0 aliphatic rings. The molecule has 9 N–H and O–H groups in total. The summed E-state index contributed by atoms with van der Waals surface area (Å²) >= 11 is 0. The van der Waals surface area contributed by atoms with Gasteiger partial charge in [-0.1, -0.05) is 50.3 Å². The van der Waals surface area contributed by atoms with Gasteiger partial charge < -0.3 is 78.1 Å². The van der Waals surface area contributed by atoms with Crippen molar-refractivity contribution in [3.05, 3.63) is 106 Å². The Kier molecular flexibility index (Phi) is 47.7. The lowest BCUT2D eigenvalue weighted by molar-refractivity contribution is 0.0943. The van der Waals surface area contributed by atoms with Crippen LogP contribution >= 0.6 is 0 Å². The highest BCUT2D eigenvalue weighted by atomic mass is 32.2. The molecule has 0 saturated carbocycles. The quantitative estimate of drug-likeness (QED) is 0.0127. The third-order valence-corrected chi connectivity index (χ3v) is 23.1. The zero-order valence-electron chi connectivity index (χ0n) is 76.3. The predicted molar refractivity (Wildman–Crippen MR) is 490 cm³/mol. The van der Waals surface area contributed by atoms with Crippen molar-refractivity contribution in [1.82, 2.24) is 66.2 Å². The molecule has 0 saturated heterocycles. The van der Waals surface area contributed by atoms with Crippen molar-refractivity contribution >= 4 is 74.2 Å². The Labute approximate surface area is 782 Å². The molecular formula is C85H127N13O31S5. The molecule has 0 aliphatic carbocycles. The van der Waals surface area contributed by atoms with E-state index < -0.39 is 97.1 Å². The van der Waals surface area contributed by atoms with Gasteiger partial charge in [-0.15, -0.1) is 15.3 Å². The summed E-state index contributed by atoms with van der Waals surface area (Å²) in [6, 6.07) is 11.9. The number of unbranched alkanes of at least 4 members (excludes halogenated alkanes) is 3. The molecule has 134 heavy (non-hydrogen) atoms. The lowest BCUT2D eigenvalue weighted by Gasteiger charge is -2.19. The second-order valence-electron chi connectivity index (χ2n) is 31.0. The zero-order chi connectivity index (χ0) is 97.4. The maximum Gasteiger partial charge on any atom is 0.264 e. The van der Waals surface area contributed by atoms with Gasteiger partial charge in [0.1, 0.15) is 0 Å². The Morgan fingerprint density at radius 2 is 0.470 bits per heavy atom. The van der Waals surface area contributed by atoms with E-state index in [4.69, 9.17) is 56.8 Å². The largest absolute Gasteiger partial charge is 0.490 e. The van der Waals surface area contributed by atoms with Gasteiger partial charge in [0, 0.05) is 86.7 Å². The maximum atomic E-state index is 13.8. The number of ether oxygens (including phenoxy) is 12. The third-order valence-electron chi connectivity index (χ3n) is 19.1. The number of rotatable bonds is 73. The number of benzene rings is 4. The lowest BCUT2D eigenvalue weighted by atomic mass is 10.1. The molecule has 3 heterocycles. The average molecular weight is 1990 g/mol. The lowest BCUT2D eigenvalue weighted by Crippen LogP contribution is -2.25. The molecule has 748 valence electrons. The molecule has 0 atom stereocenters. The smallest absolute Gasteiger partial charge is 0.264 e. The van der Waals surface area contributed by atoms with Crippen molar-refractivity contribution in [3.8, 4) is 69.0 Å². The summed E-state index contributed by atoms with van der Waals surface area (Å²) in [5.41, 5.74) is 2.85. The van der Waals surface area contributed by atoms with E-state index in [2.05, 4.69) is 52.2 Å². The molecule has 7 rings (SSSR count). The Balaban J connectivity index is 0.975. The van der Waals surface area contributed by atoms with Crippen LogP contribution in [0.5, 0.6) is 69.0 Å². The molecule has 4 aromatic carbocycles. The molecule has 0 spiro atoms. The van der Waals surface area contributed by atoms with Gasteiger partial charge in [0.25, 0.3) is 74.2 Å². The number of carbonyl (C=O) groups excluding carboxylic acids is 4. The highest BCUT2D eigenvalue weighted by Crippen LogP contribution is 2.44. The highest BCUT2D eigenvalue weighted by Gasteiger charge is 2.27. The molecule has 0 fully saturated rings. The monoisotopic (exact) mass is 1990 g/mol. The first-order valence-corrected chi connectivity index (χ1v) is 52.9. The highest BCUT2D eigenvalue weighted by molar-refractivity contribution is 7.86. The number of hydrogen-bond acceptors (Lipinski definition) is 32. The minimum absolute atomic E-state index is 0.00557. The third kappa shape index (κ3) is 43.3. The average Bonchev–Trinajstić information content (AvgIpc) is 1.28. The summed E-state index contributed by atoms with van der Waals surface area (Å²) in [5.74, 6) is -2.85. The fourth-order valence-corrected chi connectivity index (χ4v) is 15.0. The van der Waals surface area contributed by atoms with E-state index in [0.29, 0.717) is 166 Å². The SMILES string of the molecule is CCCNC(=O)c1cc(OCCCCc2cn(CCCNC(=O)c3cc(OCCC)c(OCCC)c(OCCCS(=O)(=O)O)c3)nn2)c(OCCCCc2cn(CCCNC(=O)c3cc(OCCC)c(OCCCS(=O)(=O)O)c(OCCCS(=O)(=O)O)c3)nn2)c(OCCCCc2cn(CCCNC(=O)c3cc(OCCC)c(OCCCS(=O)(=O)O)c(OCCCS(=O)(=O)O)c3)nn2)c1. The Bertz CT molecular complexity index is 5410. The molecule has 3 aromatic heterocycles. The molecule has 7 aromatic rings. The number of nitrogens with one attached hydrogen (secondary N) is 4. The standard InChI is InChI=1S/C85H127N13O31S5/c1-6-28-86-82(99)63-55-74(121-39-14-11-25-67-60-96(93-90-67)32-17-29-87-83(100)64-52-70(118-35-7-2)78(126-38-10-5)73(57-64)123-42-20-47-130(103,104)105)81(127-41-16-13-27-69-62-98(95-92-69)34-19-31-89-85(102)66-54-72(120-37-9-4)80(129-46-24-51-134(115,116)117)77(59-66)125-44-22-49-132(109,110)111)75(56-63)122-40-15-12-26-68-61-97(94-91-68)33-18-30-88-84(101)65-53-71(119-36-8-3)79(128-45-23-50-133(112,113)114)76(58-65)124-43-21-48-131(106,107)108/h52-62H,6-51H2,1-5H3,(H,86,99)(H,87,100)(H,88,101)(H,89,102)(H,103,104,105)(H,106,107,108)(H,109,110,111)(H,112,113,114)(H,115,116,117). The molecule has 0 bridgehead atoms. The van der Waals surface area contributed by atoms with E-state index >= 15 is 0 Å². The fraction of sp³-hybridized carbons (Fsp3) is 0.600. The molecule has 0 radical (unpaired) electrons. The summed E-state index contributed by atoms with van der Waals surface area (Å²) in [7, 11) is -21.4. The summed E-state index contributed by atoms with van der Waals surface area (Å²) in [6.45, 7) is 12.5. The van der Waals surface area contributed by atoms with E-state index in [1.165, 1.54) is 30.3 Å². The molecule has 4 amide bonds. The summed E-state index contributed by atoms with van der Waals surface area (Å²) in [5, 5.41) is 37.7. The van der Waals surface area contributed by atoms with Crippen LogP contribution in [-0.4, -0.2) is 268 Å². The van der Waals surface area contributed by atoms with Crippen LogP contribution < -0.4 is 78.1 Å². The number of aryl methyl sites for hydroxylation is 6. The minimum Gasteiger partial charge on any atom is -0.490 e.